The van der Waals surface area contributed by atoms with Crippen LogP contribution >= 0.6 is 23.2 Å². The van der Waals surface area contributed by atoms with Gasteiger partial charge in [-0.15, -0.1) is 0 Å². The Hall–Kier alpha value is -1.17. The van der Waals surface area contributed by atoms with Crippen molar-refractivity contribution in [2.45, 2.75) is 0 Å². The van der Waals surface area contributed by atoms with E-state index in [0.717, 1.165) is 0 Å². The Kier molecular flexibility index (Phi) is 5.13. The van der Waals surface area contributed by atoms with Crippen molar-refractivity contribution in [2.75, 3.05) is 33.0 Å². The van der Waals surface area contributed by atoms with Crippen molar-refractivity contribution in [1.29, 1.82) is 0 Å². The highest BCUT2D eigenvalue weighted by Gasteiger charge is 2.16. The second kappa shape index (κ2) is 6.84. The fourth-order valence-corrected chi connectivity index (χ4v) is 2.11. The number of carbonyl (C=O) groups is 1. The maximum absolute atomic E-state index is 11.8. The SMILES string of the molecule is O=C(NCOc1ccc(Cl)cc1Cl)N1CCOCC1. The number of nitrogens with one attached hydrogen (secondary N) is 1. The lowest BCUT2D eigenvalue weighted by Crippen LogP contribution is -2.47. The molecule has 19 heavy (non-hydrogen) atoms. The number of benzene rings is 1. The normalized spacial score (nSPS) is 15.2. The number of rotatable bonds is 3. The van der Waals surface area contributed by atoms with Gasteiger partial charge in [-0.05, 0) is 18.2 Å². The van der Waals surface area contributed by atoms with Gasteiger partial charge in [0, 0.05) is 18.1 Å². The van der Waals surface area contributed by atoms with Crippen molar-refractivity contribution in [1.82, 2.24) is 10.2 Å². The number of hydrogen-bond donors (Lipinski definition) is 1. The number of halogens is 2. The smallest absolute Gasteiger partial charge is 0.320 e. The van der Waals surface area contributed by atoms with E-state index in [2.05, 4.69) is 5.32 Å². The summed E-state index contributed by atoms with van der Waals surface area (Å²) in [5.41, 5.74) is 0. The maximum atomic E-state index is 11.8. The van der Waals surface area contributed by atoms with Gasteiger partial charge in [0.1, 0.15) is 5.75 Å². The summed E-state index contributed by atoms with van der Waals surface area (Å²) >= 11 is 11.7. The molecule has 1 aromatic carbocycles. The molecule has 104 valence electrons. The Morgan fingerprint density at radius 3 is 2.79 bits per heavy atom. The molecule has 0 radical (unpaired) electrons. The monoisotopic (exact) mass is 304 g/mol. The molecule has 1 aliphatic rings. The van der Waals surface area contributed by atoms with Gasteiger partial charge in [0.05, 0.1) is 18.2 Å². The maximum Gasteiger partial charge on any atom is 0.320 e. The van der Waals surface area contributed by atoms with Crippen LogP contribution in [0.25, 0.3) is 0 Å². The van der Waals surface area contributed by atoms with Crippen molar-refractivity contribution < 1.29 is 14.3 Å². The van der Waals surface area contributed by atoms with E-state index in [-0.39, 0.29) is 12.8 Å². The van der Waals surface area contributed by atoms with Crippen LogP contribution in [0.15, 0.2) is 18.2 Å². The first kappa shape index (κ1) is 14.2. The molecule has 1 aliphatic heterocycles. The van der Waals surface area contributed by atoms with Crippen LogP contribution in [0.5, 0.6) is 5.75 Å². The molecule has 0 saturated carbocycles. The van der Waals surface area contributed by atoms with Gasteiger partial charge in [0.15, 0.2) is 6.73 Å². The molecule has 0 aliphatic carbocycles. The van der Waals surface area contributed by atoms with Gasteiger partial charge < -0.3 is 19.7 Å². The van der Waals surface area contributed by atoms with E-state index in [1.54, 1.807) is 23.1 Å². The molecule has 2 rings (SSSR count). The zero-order valence-electron chi connectivity index (χ0n) is 10.2. The third kappa shape index (κ3) is 4.16. The zero-order chi connectivity index (χ0) is 13.7. The van der Waals surface area contributed by atoms with Crippen LogP contribution in [0.2, 0.25) is 10.0 Å². The van der Waals surface area contributed by atoms with Crippen molar-refractivity contribution in [2.24, 2.45) is 0 Å². The quantitative estimate of drug-likeness (QED) is 0.872. The molecule has 0 unspecified atom stereocenters. The van der Waals surface area contributed by atoms with Crippen LogP contribution in [-0.2, 0) is 4.74 Å². The largest absolute Gasteiger partial charge is 0.472 e. The molecule has 7 heteroatoms. The van der Waals surface area contributed by atoms with Gasteiger partial charge in [0.25, 0.3) is 0 Å². The van der Waals surface area contributed by atoms with Crippen LogP contribution < -0.4 is 10.1 Å². The van der Waals surface area contributed by atoms with Gasteiger partial charge in [-0.3, -0.25) is 0 Å². The molecule has 1 N–H and O–H groups in total. The second-order valence-corrected chi connectivity index (χ2v) is 4.79. The standard InChI is InChI=1S/C12H14Cl2N2O3/c13-9-1-2-11(10(14)7-9)19-8-15-12(17)16-3-5-18-6-4-16/h1-2,7H,3-6,8H2,(H,15,17). The Bertz CT molecular complexity index is 451. The highest BCUT2D eigenvalue weighted by atomic mass is 35.5. The minimum Gasteiger partial charge on any atom is -0.472 e. The minimum atomic E-state index is -0.173. The van der Waals surface area contributed by atoms with Crippen LogP contribution in [0, 0.1) is 0 Å². The molecule has 0 bridgehead atoms. The van der Waals surface area contributed by atoms with Crippen molar-refractivity contribution in [3.05, 3.63) is 28.2 Å². The van der Waals surface area contributed by atoms with Crippen molar-refractivity contribution >= 4 is 29.2 Å². The number of morpholine rings is 1. The summed E-state index contributed by atoms with van der Waals surface area (Å²) in [5.74, 6) is 0.480. The number of amides is 2. The topological polar surface area (TPSA) is 50.8 Å². The van der Waals surface area contributed by atoms with E-state index in [0.29, 0.717) is 42.1 Å². The number of nitrogens with zero attached hydrogens (tertiary/aromatic N) is 1. The molecule has 0 atom stereocenters. The molecular formula is C12H14Cl2N2O3. The Morgan fingerprint density at radius 1 is 1.37 bits per heavy atom. The lowest BCUT2D eigenvalue weighted by molar-refractivity contribution is 0.0518. The number of urea groups is 1. The lowest BCUT2D eigenvalue weighted by Gasteiger charge is -2.26. The first-order valence-corrected chi connectivity index (χ1v) is 6.61. The number of carbonyl (C=O) groups excluding carboxylic acids is 1. The number of ether oxygens (including phenoxy) is 2. The predicted octanol–water partition coefficient (Wildman–Crippen LogP) is 2.37. The summed E-state index contributed by atoms with van der Waals surface area (Å²) in [4.78, 5) is 13.4. The average Bonchev–Trinajstić information content (AvgIpc) is 2.42. The predicted molar refractivity (Wildman–Crippen MR) is 72.9 cm³/mol. The molecule has 2 amide bonds. The molecule has 5 nitrogen and oxygen atoms in total. The fourth-order valence-electron chi connectivity index (χ4n) is 1.65. The van der Waals surface area contributed by atoms with Gasteiger partial charge in [-0.2, -0.15) is 0 Å². The summed E-state index contributed by atoms with van der Waals surface area (Å²) in [7, 11) is 0. The van der Waals surface area contributed by atoms with E-state index in [1.165, 1.54) is 0 Å². The third-order valence-electron chi connectivity index (χ3n) is 2.64. The Labute approximate surface area is 121 Å². The van der Waals surface area contributed by atoms with E-state index in [9.17, 15) is 4.79 Å². The molecule has 1 aromatic rings. The Morgan fingerprint density at radius 2 is 2.11 bits per heavy atom. The lowest BCUT2D eigenvalue weighted by atomic mass is 10.3. The zero-order valence-corrected chi connectivity index (χ0v) is 11.7. The summed E-state index contributed by atoms with van der Waals surface area (Å²) in [6.07, 6.45) is 0. The first-order chi connectivity index (χ1) is 9.16. The van der Waals surface area contributed by atoms with E-state index >= 15 is 0 Å². The molecule has 0 aromatic heterocycles. The highest BCUT2D eigenvalue weighted by Crippen LogP contribution is 2.27. The fraction of sp³-hybridized carbons (Fsp3) is 0.417. The van der Waals surface area contributed by atoms with E-state index in [1.807, 2.05) is 0 Å². The molecule has 1 fully saturated rings. The molecule has 1 heterocycles. The summed E-state index contributed by atoms with van der Waals surface area (Å²) in [5, 5.41) is 3.61. The van der Waals surface area contributed by atoms with Gasteiger partial charge in [0.2, 0.25) is 0 Å². The summed E-state index contributed by atoms with van der Waals surface area (Å²) in [6, 6.07) is 4.74. The minimum absolute atomic E-state index is 0.0531. The van der Waals surface area contributed by atoms with Crippen LogP contribution in [0.3, 0.4) is 0 Å². The first-order valence-electron chi connectivity index (χ1n) is 5.85. The molecular weight excluding hydrogens is 291 g/mol. The summed E-state index contributed by atoms with van der Waals surface area (Å²) in [6.45, 7) is 2.37. The molecule has 0 spiro atoms. The van der Waals surface area contributed by atoms with Gasteiger partial charge in [-0.25, -0.2) is 4.79 Å². The van der Waals surface area contributed by atoms with Crippen molar-refractivity contribution in [3.63, 3.8) is 0 Å². The van der Waals surface area contributed by atoms with Crippen LogP contribution in [0.1, 0.15) is 0 Å². The molecule has 1 saturated heterocycles. The number of hydrogen-bond acceptors (Lipinski definition) is 3. The average molecular weight is 305 g/mol. The summed E-state index contributed by atoms with van der Waals surface area (Å²) < 4.78 is 10.5. The third-order valence-corrected chi connectivity index (χ3v) is 3.17. The van der Waals surface area contributed by atoms with Crippen molar-refractivity contribution in [3.8, 4) is 5.75 Å². The van der Waals surface area contributed by atoms with E-state index < -0.39 is 0 Å². The van der Waals surface area contributed by atoms with E-state index in [4.69, 9.17) is 32.7 Å². The Balaban J connectivity index is 1.78. The second-order valence-electron chi connectivity index (χ2n) is 3.94. The van der Waals surface area contributed by atoms with Crippen LogP contribution in [-0.4, -0.2) is 44.0 Å². The van der Waals surface area contributed by atoms with Gasteiger partial charge >= 0.3 is 6.03 Å². The van der Waals surface area contributed by atoms with Gasteiger partial charge in [-0.1, -0.05) is 23.2 Å². The highest BCUT2D eigenvalue weighted by molar-refractivity contribution is 6.35. The van der Waals surface area contributed by atoms with Crippen LogP contribution in [0.4, 0.5) is 4.79 Å².